The first-order chi connectivity index (χ1) is 14.6. The maximum atomic E-state index is 13.4. The van der Waals surface area contributed by atoms with E-state index in [4.69, 9.17) is 0 Å². The fraction of sp³-hybridized carbons (Fsp3) is 0.583. The van der Waals surface area contributed by atoms with Crippen molar-refractivity contribution in [1.82, 2.24) is 19.4 Å². The Bertz CT molecular complexity index is 880. The van der Waals surface area contributed by atoms with E-state index in [1.165, 1.54) is 0 Å². The molecule has 0 aliphatic carbocycles. The Morgan fingerprint density at radius 3 is 2.87 bits per heavy atom. The van der Waals surface area contributed by atoms with Gasteiger partial charge in [-0.3, -0.25) is 9.69 Å². The monoisotopic (exact) mass is 410 g/mol. The molecule has 2 aliphatic heterocycles. The van der Waals surface area contributed by atoms with E-state index in [0.717, 1.165) is 75.4 Å². The van der Waals surface area contributed by atoms with Gasteiger partial charge in [0.15, 0.2) is 0 Å². The third kappa shape index (κ3) is 4.03. The number of rotatable bonds is 5. The maximum absolute atomic E-state index is 13.4. The van der Waals surface area contributed by atoms with Crippen LogP contribution < -0.4 is 0 Å². The van der Waals surface area contributed by atoms with Crippen molar-refractivity contribution in [2.75, 3.05) is 26.2 Å². The van der Waals surface area contributed by atoms with Crippen molar-refractivity contribution in [1.29, 1.82) is 0 Å². The molecular formula is C24H34N4O2. The van der Waals surface area contributed by atoms with Crippen LogP contribution in [-0.4, -0.2) is 62.6 Å². The van der Waals surface area contributed by atoms with Gasteiger partial charge in [-0.1, -0.05) is 25.1 Å². The predicted octanol–water partition coefficient (Wildman–Crippen LogP) is 2.95. The predicted molar refractivity (Wildman–Crippen MR) is 117 cm³/mol. The molecule has 6 heteroatoms. The molecule has 4 rings (SSSR count). The molecule has 1 spiro atoms. The van der Waals surface area contributed by atoms with Crippen LogP contribution in [-0.2, 0) is 19.5 Å². The number of aromatic nitrogens is 2. The summed E-state index contributed by atoms with van der Waals surface area (Å²) in [6, 6.07) is 7.92. The number of carbonyl (C=O) groups is 1. The molecule has 3 heterocycles. The maximum Gasteiger partial charge on any atom is 0.254 e. The van der Waals surface area contributed by atoms with Crippen LogP contribution in [0.5, 0.6) is 0 Å². The Hall–Kier alpha value is -2.18. The Morgan fingerprint density at radius 2 is 2.07 bits per heavy atom. The van der Waals surface area contributed by atoms with Gasteiger partial charge in [0.1, 0.15) is 5.82 Å². The van der Waals surface area contributed by atoms with E-state index in [1.54, 1.807) is 0 Å². The minimum atomic E-state index is -0.364. The fourth-order valence-corrected chi connectivity index (χ4v) is 5.30. The molecular weight excluding hydrogens is 376 g/mol. The van der Waals surface area contributed by atoms with Crippen molar-refractivity contribution in [2.45, 2.75) is 58.7 Å². The lowest BCUT2D eigenvalue weighted by molar-refractivity contribution is -0.0811. The zero-order valence-corrected chi connectivity index (χ0v) is 18.3. The second-order valence-corrected chi connectivity index (χ2v) is 8.85. The second-order valence-electron chi connectivity index (χ2n) is 8.85. The summed E-state index contributed by atoms with van der Waals surface area (Å²) in [7, 11) is 0. The first kappa shape index (κ1) is 21.1. The molecule has 2 saturated heterocycles. The summed E-state index contributed by atoms with van der Waals surface area (Å²) < 4.78 is 2.18. The number of aliphatic hydroxyl groups is 1. The molecule has 2 fully saturated rings. The summed E-state index contributed by atoms with van der Waals surface area (Å²) in [6.45, 7) is 9.00. The standard InChI is InChI=1S/C24H34N4O2/c1-3-19-8-5-6-9-20(19)23(30)28-13-7-11-24(18-28)17-26(14-10-21(24)29)16-22-25-12-15-27(22)4-2/h5-6,8-9,12,15,21,29H,3-4,7,10-11,13-14,16-18H2,1-2H3/t21-,24-/m1/s1. The summed E-state index contributed by atoms with van der Waals surface area (Å²) in [5, 5.41) is 11.0. The minimum Gasteiger partial charge on any atom is -0.392 e. The molecule has 30 heavy (non-hydrogen) atoms. The van der Waals surface area contributed by atoms with Crippen LogP contribution in [0.3, 0.4) is 0 Å². The van der Waals surface area contributed by atoms with Crippen molar-refractivity contribution in [3.8, 4) is 0 Å². The number of amides is 1. The fourth-order valence-electron chi connectivity index (χ4n) is 5.30. The average molecular weight is 411 g/mol. The number of hydrogen-bond donors (Lipinski definition) is 1. The summed E-state index contributed by atoms with van der Waals surface area (Å²) in [5.74, 6) is 1.18. The van der Waals surface area contributed by atoms with Gasteiger partial charge < -0.3 is 14.6 Å². The molecule has 1 amide bonds. The van der Waals surface area contributed by atoms with Gasteiger partial charge in [0.2, 0.25) is 0 Å². The molecule has 1 aromatic heterocycles. The van der Waals surface area contributed by atoms with Gasteiger partial charge in [-0.2, -0.15) is 0 Å². The van der Waals surface area contributed by atoms with E-state index in [1.807, 2.05) is 41.6 Å². The normalized spacial score (nSPS) is 25.0. The van der Waals surface area contributed by atoms with Gasteiger partial charge in [-0.25, -0.2) is 4.98 Å². The number of piperidine rings is 2. The number of aliphatic hydroxyl groups excluding tert-OH is 1. The van der Waals surface area contributed by atoms with E-state index in [-0.39, 0.29) is 17.4 Å². The summed E-state index contributed by atoms with van der Waals surface area (Å²) in [5.41, 5.74) is 1.65. The lowest BCUT2D eigenvalue weighted by Crippen LogP contribution is -2.59. The Morgan fingerprint density at radius 1 is 1.23 bits per heavy atom. The summed E-state index contributed by atoms with van der Waals surface area (Å²) in [4.78, 5) is 22.3. The van der Waals surface area contributed by atoms with Crippen molar-refractivity contribution in [2.24, 2.45) is 5.41 Å². The molecule has 6 nitrogen and oxygen atoms in total. The SMILES string of the molecule is CCc1ccccc1C(=O)N1CCC[C@@]2(CN(Cc3nccn3CC)CC[C@H]2O)C1. The zero-order chi connectivity index (χ0) is 21.1. The number of likely N-dealkylation sites (tertiary alicyclic amines) is 2. The van der Waals surface area contributed by atoms with E-state index < -0.39 is 0 Å². The van der Waals surface area contributed by atoms with Crippen LogP contribution in [0.15, 0.2) is 36.7 Å². The molecule has 1 aromatic carbocycles. The molecule has 0 radical (unpaired) electrons. The number of nitrogens with zero attached hydrogens (tertiary/aromatic N) is 4. The lowest BCUT2D eigenvalue weighted by atomic mass is 9.71. The summed E-state index contributed by atoms with van der Waals surface area (Å²) in [6.07, 6.45) is 7.02. The molecule has 162 valence electrons. The van der Waals surface area contributed by atoms with E-state index >= 15 is 0 Å². The Balaban J connectivity index is 1.51. The number of benzene rings is 1. The number of carbonyl (C=O) groups excluding carboxylic acids is 1. The van der Waals surface area contributed by atoms with E-state index in [9.17, 15) is 9.90 Å². The van der Waals surface area contributed by atoms with Crippen molar-refractivity contribution < 1.29 is 9.90 Å². The highest BCUT2D eigenvalue weighted by Crippen LogP contribution is 2.39. The highest BCUT2D eigenvalue weighted by molar-refractivity contribution is 5.95. The summed E-state index contributed by atoms with van der Waals surface area (Å²) >= 11 is 0. The van der Waals surface area contributed by atoms with Gasteiger partial charge in [0.05, 0.1) is 12.6 Å². The van der Waals surface area contributed by atoms with Crippen molar-refractivity contribution >= 4 is 5.91 Å². The topological polar surface area (TPSA) is 61.6 Å². The van der Waals surface area contributed by atoms with Crippen LogP contribution in [0, 0.1) is 5.41 Å². The molecule has 2 atom stereocenters. The molecule has 1 N–H and O–H groups in total. The largest absolute Gasteiger partial charge is 0.392 e. The van der Waals surface area contributed by atoms with Crippen LogP contribution >= 0.6 is 0 Å². The smallest absolute Gasteiger partial charge is 0.254 e. The van der Waals surface area contributed by atoms with Gasteiger partial charge in [0, 0.05) is 56.1 Å². The second kappa shape index (κ2) is 8.90. The lowest BCUT2D eigenvalue weighted by Gasteiger charge is -2.51. The van der Waals surface area contributed by atoms with Gasteiger partial charge >= 0.3 is 0 Å². The third-order valence-electron chi connectivity index (χ3n) is 7.00. The third-order valence-corrected chi connectivity index (χ3v) is 7.00. The van der Waals surface area contributed by atoms with Crippen LogP contribution in [0.1, 0.15) is 54.9 Å². The first-order valence-electron chi connectivity index (χ1n) is 11.3. The van der Waals surface area contributed by atoms with Gasteiger partial charge in [0.25, 0.3) is 5.91 Å². The molecule has 2 aliphatic rings. The van der Waals surface area contributed by atoms with Crippen LogP contribution in [0.2, 0.25) is 0 Å². The molecule has 0 bridgehead atoms. The Labute approximate surface area is 179 Å². The highest BCUT2D eigenvalue weighted by atomic mass is 16.3. The molecule has 2 aromatic rings. The van der Waals surface area contributed by atoms with Gasteiger partial charge in [-0.05, 0) is 44.2 Å². The zero-order valence-electron chi connectivity index (χ0n) is 18.3. The van der Waals surface area contributed by atoms with Crippen LogP contribution in [0.4, 0.5) is 0 Å². The van der Waals surface area contributed by atoms with Crippen molar-refractivity contribution in [3.63, 3.8) is 0 Å². The highest BCUT2D eigenvalue weighted by Gasteiger charge is 2.46. The minimum absolute atomic E-state index is 0.109. The van der Waals surface area contributed by atoms with Gasteiger partial charge in [-0.15, -0.1) is 0 Å². The molecule has 0 saturated carbocycles. The molecule has 0 unspecified atom stereocenters. The first-order valence-corrected chi connectivity index (χ1v) is 11.3. The number of hydrogen-bond acceptors (Lipinski definition) is 4. The van der Waals surface area contributed by atoms with Crippen molar-refractivity contribution in [3.05, 3.63) is 53.6 Å². The Kier molecular flexibility index (Phi) is 6.25. The van der Waals surface area contributed by atoms with E-state index in [2.05, 4.69) is 28.3 Å². The van der Waals surface area contributed by atoms with E-state index in [0.29, 0.717) is 6.54 Å². The number of imidazole rings is 1. The number of aryl methyl sites for hydroxylation is 2. The average Bonchev–Trinajstić information content (AvgIpc) is 3.23. The quantitative estimate of drug-likeness (QED) is 0.823. The van der Waals surface area contributed by atoms with Crippen LogP contribution in [0.25, 0.3) is 0 Å².